The minimum atomic E-state index is -4.09. The second-order valence-electron chi connectivity index (χ2n) is 20.0. The molecule has 9 rings (SSSR count). The third kappa shape index (κ3) is 6.57. The van der Waals surface area contributed by atoms with Crippen LogP contribution in [0.2, 0.25) is 0 Å². The van der Waals surface area contributed by atoms with Crippen molar-refractivity contribution in [2.45, 2.75) is 168 Å². The van der Waals surface area contributed by atoms with Gasteiger partial charge in [-0.1, -0.05) is 34.6 Å². The van der Waals surface area contributed by atoms with E-state index in [1.54, 1.807) is 0 Å². The van der Waals surface area contributed by atoms with Gasteiger partial charge in [0.25, 0.3) is 10.1 Å². The molecule has 302 valence electrons. The molecule has 11 nitrogen and oxygen atoms in total. The van der Waals surface area contributed by atoms with Gasteiger partial charge in [0.1, 0.15) is 0 Å². The number of fused-ring (bicyclic) bond motifs is 7. The van der Waals surface area contributed by atoms with Crippen LogP contribution in [0.3, 0.4) is 0 Å². The number of carbonyl (C=O) groups excluding carboxylic acids is 1. The zero-order valence-corrected chi connectivity index (χ0v) is 33.8. The number of nitrogens with one attached hydrogen (secondary N) is 1. The second-order valence-corrected chi connectivity index (χ2v) is 21.6. The highest BCUT2D eigenvalue weighted by Crippen LogP contribution is 2.69. The maximum Gasteiger partial charge on any atom is 0.266 e. The van der Waals surface area contributed by atoms with Gasteiger partial charge in [-0.15, -0.1) is 0 Å². The van der Waals surface area contributed by atoms with E-state index in [0.717, 1.165) is 77.0 Å². The van der Waals surface area contributed by atoms with E-state index in [-0.39, 0.29) is 53.6 Å². The van der Waals surface area contributed by atoms with Crippen LogP contribution in [0.1, 0.15) is 131 Å². The first-order valence-electron chi connectivity index (χ1n) is 21.2. The van der Waals surface area contributed by atoms with E-state index in [4.69, 9.17) is 28.5 Å². The molecular weight excluding hydrogens is 699 g/mol. The molecule has 53 heavy (non-hydrogen) atoms. The normalized spacial score (nSPS) is 52.3. The number of carbonyl (C=O) groups is 1. The van der Waals surface area contributed by atoms with Crippen LogP contribution in [-0.2, 0) is 38.9 Å². The Balaban J connectivity index is 0.903. The van der Waals surface area contributed by atoms with Crippen molar-refractivity contribution in [1.29, 1.82) is 0 Å². The molecule has 1 amide bonds. The Kier molecular flexibility index (Phi) is 10.2. The summed E-state index contributed by atoms with van der Waals surface area (Å²) in [5, 5.41) is 14.7. The number of amides is 1. The van der Waals surface area contributed by atoms with E-state index in [1.165, 1.54) is 6.42 Å². The fourth-order valence-electron chi connectivity index (χ4n) is 14.5. The Morgan fingerprint density at radius 3 is 2.40 bits per heavy atom. The highest BCUT2D eigenvalue weighted by Gasteiger charge is 2.70. The van der Waals surface area contributed by atoms with E-state index >= 15 is 0 Å². The largest absolute Gasteiger partial charge is 0.393 e. The first-order chi connectivity index (χ1) is 25.0. The summed E-state index contributed by atoms with van der Waals surface area (Å²) < 4.78 is 51.4. The van der Waals surface area contributed by atoms with E-state index in [1.807, 2.05) is 6.92 Å². The third-order valence-corrected chi connectivity index (χ3v) is 18.0. The zero-order valence-electron chi connectivity index (χ0n) is 33.0. The smallest absolute Gasteiger partial charge is 0.266 e. The van der Waals surface area contributed by atoms with Gasteiger partial charge < -0.3 is 24.6 Å². The first-order valence-corrected chi connectivity index (χ1v) is 22.8. The Morgan fingerprint density at radius 2 is 1.62 bits per heavy atom. The fraction of sp³-hybridized carbons (Fsp3) is 0.976. The lowest BCUT2D eigenvalue weighted by molar-refractivity contribution is -0.578. The molecule has 0 radical (unpaired) electrons. The Labute approximate surface area is 317 Å². The maximum atomic E-state index is 12.5. The number of rotatable bonds is 9. The topological polar surface area (TPSA) is 150 Å². The van der Waals surface area contributed by atoms with Gasteiger partial charge in [0.05, 0.1) is 18.0 Å². The highest BCUT2D eigenvalue weighted by molar-refractivity contribution is 7.85. The SMILES string of the molecule is C[C@H]1C(O[C@@H]2CC[C@@]3(C)C(C2)C[C@@H](O)C2C3CC[C@@]3(C)C2CC[C@@H]3[C@H](C)CCC(=O)NCCS(=O)(=O)O)OC2OC3(C)CCC4[C@H](C)CCC1[C@@]24OO3. The van der Waals surface area contributed by atoms with Gasteiger partial charge in [0.15, 0.2) is 18.2 Å². The van der Waals surface area contributed by atoms with Crippen LogP contribution < -0.4 is 5.32 Å². The summed E-state index contributed by atoms with van der Waals surface area (Å²) in [7, 11) is -4.09. The average Bonchev–Trinajstić information content (AvgIpc) is 3.29. The monoisotopic (exact) mass is 765 g/mol. The number of hydrogen-bond donors (Lipinski definition) is 3. The summed E-state index contributed by atoms with van der Waals surface area (Å²) in [6.07, 6.45) is 12.5. The molecule has 4 heterocycles. The molecule has 4 saturated heterocycles. The Bertz CT molecular complexity index is 1500. The van der Waals surface area contributed by atoms with Crippen molar-refractivity contribution in [3.05, 3.63) is 0 Å². The second kappa shape index (κ2) is 13.9. The van der Waals surface area contributed by atoms with Crippen LogP contribution >= 0.6 is 0 Å². The van der Waals surface area contributed by atoms with Crippen LogP contribution in [0.5, 0.6) is 0 Å². The van der Waals surface area contributed by atoms with Crippen LogP contribution in [0.4, 0.5) is 0 Å². The van der Waals surface area contributed by atoms with Crippen molar-refractivity contribution in [3.63, 3.8) is 0 Å². The first kappa shape index (κ1) is 39.0. The lowest BCUT2D eigenvalue weighted by Crippen LogP contribution is -2.70. The zero-order chi connectivity index (χ0) is 37.7. The number of aliphatic hydroxyl groups excluding tert-OH is 1. The number of hydrogen-bond acceptors (Lipinski definition) is 9. The molecular formula is C41H67NO10S. The molecule has 0 aromatic heterocycles. The third-order valence-electron chi connectivity index (χ3n) is 17.3. The van der Waals surface area contributed by atoms with Gasteiger partial charge in [0.2, 0.25) is 11.7 Å². The van der Waals surface area contributed by atoms with Crippen molar-refractivity contribution >= 4 is 16.0 Å². The molecule has 1 spiro atoms. The standard InChI is InChI=1S/C41H67NO10S/c1-23(8-12-34(44)42-19-20-53(45,46)47)28-10-11-31-35-32(14-17-39(28,31)5)38(4)16-13-27(21-26(38)22-33(35)43)48-36-25(3)30-9-7-24(2)29-15-18-40(6)50-37(49-36)41(29,30)52-51-40/h23-33,35-37,43H,7-22H2,1-6H3,(H,42,44)(H,45,46,47)/t23-,24-,25-,26?,27-,28-,29?,30?,31?,32?,33-,35?,36?,37?,38+,39-,40?,41-/m1/s1. The van der Waals surface area contributed by atoms with E-state index < -0.39 is 33.5 Å². The highest BCUT2D eigenvalue weighted by atomic mass is 32.2. The summed E-state index contributed by atoms with van der Waals surface area (Å²) in [6.45, 7) is 13.8. The van der Waals surface area contributed by atoms with Crippen LogP contribution in [0, 0.1) is 70.0 Å². The maximum absolute atomic E-state index is 12.5. The Hall–Kier alpha value is -0.860. The van der Waals surface area contributed by atoms with Crippen LogP contribution in [0.25, 0.3) is 0 Å². The average molecular weight is 766 g/mol. The molecule has 5 saturated carbocycles. The summed E-state index contributed by atoms with van der Waals surface area (Å²) in [5.41, 5.74) is -0.274. The molecule has 9 unspecified atom stereocenters. The summed E-state index contributed by atoms with van der Waals surface area (Å²) in [5.74, 6) is 2.35. The van der Waals surface area contributed by atoms with Crippen molar-refractivity contribution in [3.8, 4) is 0 Å². The van der Waals surface area contributed by atoms with Gasteiger partial charge in [-0.05, 0) is 142 Å². The van der Waals surface area contributed by atoms with Gasteiger partial charge in [-0.25, -0.2) is 9.78 Å². The number of ether oxygens (including phenoxy) is 3. The molecule has 9 fully saturated rings. The minimum Gasteiger partial charge on any atom is -0.393 e. The van der Waals surface area contributed by atoms with Gasteiger partial charge in [-0.3, -0.25) is 9.35 Å². The molecule has 18 atom stereocenters. The predicted molar refractivity (Wildman–Crippen MR) is 196 cm³/mol. The Morgan fingerprint density at radius 1 is 0.906 bits per heavy atom. The van der Waals surface area contributed by atoms with E-state index in [9.17, 15) is 18.3 Å². The van der Waals surface area contributed by atoms with Crippen molar-refractivity contribution < 1.29 is 46.9 Å². The van der Waals surface area contributed by atoms with Crippen LogP contribution in [-0.4, -0.2) is 72.5 Å². The van der Waals surface area contributed by atoms with Crippen molar-refractivity contribution in [2.24, 2.45) is 70.0 Å². The van der Waals surface area contributed by atoms with Crippen molar-refractivity contribution in [1.82, 2.24) is 5.32 Å². The van der Waals surface area contributed by atoms with Crippen molar-refractivity contribution in [2.75, 3.05) is 12.3 Å². The molecule has 3 N–H and O–H groups in total. The lowest BCUT2D eigenvalue weighted by atomic mass is 9.43. The van der Waals surface area contributed by atoms with Gasteiger partial charge in [-0.2, -0.15) is 8.42 Å². The summed E-state index contributed by atoms with van der Waals surface area (Å²) >= 11 is 0. The predicted octanol–water partition coefficient (Wildman–Crippen LogP) is 6.63. The molecule has 0 aromatic carbocycles. The molecule has 0 aromatic rings. The molecule has 4 aliphatic heterocycles. The summed E-state index contributed by atoms with van der Waals surface area (Å²) in [6, 6.07) is 0. The lowest BCUT2D eigenvalue weighted by Gasteiger charge is -2.63. The van der Waals surface area contributed by atoms with Crippen LogP contribution in [0.15, 0.2) is 0 Å². The van der Waals surface area contributed by atoms with E-state index in [0.29, 0.717) is 53.8 Å². The van der Waals surface area contributed by atoms with E-state index in [2.05, 4.69) is 39.9 Å². The molecule has 12 heteroatoms. The van der Waals surface area contributed by atoms with Gasteiger partial charge >= 0.3 is 0 Å². The quantitative estimate of drug-likeness (QED) is 0.133. The molecule has 2 bridgehead atoms. The molecule has 5 aliphatic carbocycles. The van der Waals surface area contributed by atoms with Gasteiger partial charge in [0, 0.05) is 31.2 Å². The fourth-order valence-corrected chi connectivity index (χ4v) is 14.8. The number of aliphatic hydroxyl groups is 1. The summed E-state index contributed by atoms with van der Waals surface area (Å²) in [4.78, 5) is 24.9. The minimum absolute atomic E-state index is 0.0720. The molecule has 9 aliphatic rings.